The SMILES string of the molecule is Cc1c(C(=O)N2CCNC(C)C2)oc2c(Cl)cccc12.Cl. The number of nitrogens with one attached hydrogen (secondary N) is 1. The van der Waals surface area contributed by atoms with Gasteiger partial charge in [-0.15, -0.1) is 12.4 Å². The number of nitrogens with zero attached hydrogens (tertiary/aromatic N) is 1. The average Bonchev–Trinajstić information content (AvgIpc) is 2.77. The Morgan fingerprint density at radius 2 is 2.24 bits per heavy atom. The minimum Gasteiger partial charge on any atom is -0.449 e. The van der Waals surface area contributed by atoms with Gasteiger partial charge in [-0.3, -0.25) is 4.79 Å². The van der Waals surface area contributed by atoms with E-state index in [9.17, 15) is 4.79 Å². The molecule has 0 radical (unpaired) electrons. The van der Waals surface area contributed by atoms with Crippen molar-refractivity contribution in [3.8, 4) is 0 Å². The Morgan fingerprint density at radius 3 is 2.90 bits per heavy atom. The van der Waals surface area contributed by atoms with Crippen LogP contribution in [0.1, 0.15) is 23.0 Å². The molecule has 1 fully saturated rings. The number of furan rings is 1. The smallest absolute Gasteiger partial charge is 0.289 e. The first kappa shape index (κ1) is 16.1. The molecule has 1 atom stereocenters. The summed E-state index contributed by atoms with van der Waals surface area (Å²) in [4.78, 5) is 14.4. The molecule has 1 unspecified atom stereocenters. The van der Waals surface area contributed by atoms with Crippen molar-refractivity contribution < 1.29 is 9.21 Å². The minimum absolute atomic E-state index is 0. The molecule has 3 rings (SSSR count). The van der Waals surface area contributed by atoms with Crippen molar-refractivity contribution in [1.29, 1.82) is 0 Å². The molecule has 1 saturated heterocycles. The zero-order valence-corrected chi connectivity index (χ0v) is 13.6. The molecule has 1 aliphatic heterocycles. The van der Waals surface area contributed by atoms with Gasteiger partial charge in [-0.05, 0) is 19.9 Å². The van der Waals surface area contributed by atoms with E-state index in [0.717, 1.165) is 17.5 Å². The number of aryl methyl sites for hydroxylation is 1. The number of para-hydroxylation sites is 1. The van der Waals surface area contributed by atoms with Crippen LogP contribution in [-0.2, 0) is 0 Å². The molecule has 0 bridgehead atoms. The number of rotatable bonds is 1. The van der Waals surface area contributed by atoms with Crippen LogP contribution in [0, 0.1) is 6.92 Å². The van der Waals surface area contributed by atoms with Crippen LogP contribution < -0.4 is 5.32 Å². The molecule has 114 valence electrons. The van der Waals surface area contributed by atoms with Crippen LogP contribution in [-0.4, -0.2) is 36.5 Å². The number of hydrogen-bond acceptors (Lipinski definition) is 3. The van der Waals surface area contributed by atoms with Crippen LogP contribution >= 0.6 is 24.0 Å². The van der Waals surface area contributed by atoms with Crippen molar-refractivity contribution in [3.05, 3.63) is 34.5 Å². The van der Waals surface area contributed by atoms with Gasteiger partial charge in [0.05, 0.1) is 5.02 Å². The summed E-state index contributed by atoms with van der Waals surface area (Å²) in [5, 5.41) is 4.77. The number of carbonyl (C=O) groups excluding carboxylic acids is 1. The average molecular weight is 329 g/mol. The lowest BCUT2D eigenvalue weighted by molar-refractivity contribution is 0.0678. The maximum Gasteiger partial charge on any atom is 0.289 e. The predicted molar refractivity (Wildman–Crippen MR) is 86.6 cm³/mol. The highest BCUT2D eigenvalue weighted by atomic mass is 35.5. The van der Waals surface area contributed by atoms with E-state index in [0.29, 0.717) is 35.5 Å². The van der Waals surface area contributed by atoms with Crippen LogP contribution in [0.3, 0.4) is 0 Å². The lowest BCUT2D eigenvalue weighted by Crippen LogP contribution is -2.51. The summed E-state index contributed by atoms with van der Waals surface area (Å²) < 4.78 is 5.74. The van der Waals surface area contributed by atoms with Gasteiger partial charge in [0.2, 0.25) is 0 Å². The molecule has 1 N–H and O–H groups in total. The molecular formula is C15H18Cl2N2O2. The molecule has 6 heteroatoms. The number of carbonyl (C=O) groups is 1. The monoisotopic (exact) mass is 328 g/mol. The summed E-state index contributed by atoms with van der Waals surface area (Å²) in [6.07, 6.45) is 0. The highest BCUT2D eigenvalue weighted by Gasteiger charge is 2.26. The second-order valence-electron chi connectivity index (χ2n) is 5.28. The molecular weight excluding hydrogens is 311 g/mol. The Morgan fingerprint density at radius 1 is 1.48 bits per heavy atom. The molecule has 4 nitrogen and oxygen atoms in total. The van der Waals surface area contributed by atoms with Gasteiger partial charge in [0, 0.05) is 36.6 Å². The fourth-order valence-electron chi connectivity index (χ4n) is 2.67. The lowest BCUT2D eigenvalue weighted by atomic mass is 10.1. The predicted octanol–water partition coefficient (Wildman–Crippen LogP) is 3.25. The van der Waals surface area contributed by atoms with E-state index < -0.39 is 0 Å². The number of halogens is 2. The Labute approximate surface area is 134 Å². The molecule has 21 heavy (non-hydrogen) atoms. The van der Waals surface area contributed by atoms with Crippen molar-refractivity contribution in [1.82, 2.24) is 10.2 Å². The molecule has 0 saturated carbocycles. The highest BCUT2D eigenvalue weighted by molar-refractivity contribution is 6.35. The third-order valence-corrected chi connectivity index (χ3v) is 4.06. The molecule has 1 aromatic heterocycles. The van der Waals surface area contributed by atoms with Gasteiger partial charge in [-0.25, -0.2) is 0 Å². The van der Waals surface area contributed by atoms with E-state index in [2.05, 4.69) is 12.2 Å². The third kappa shape index (κ3) is 2.89. The van der Waals surface area contributed by atoms with Gasteiger partial charge >= 0.3 is 0 Å². The van der Waals surface area contributed by atoms with Crippen molar-refractivity contribution in [2.24, 2.45) is 0 Å². The van der Waals surface area contributed by atoms with E-state index in [1.54, 1.807) is 6.07 Å². The first-order valence-electron chi connectivity index (χ1n) is 6.78. The van der Waals surface area contributed by atoms with Gasteiger partial charge in [-0.1, -0.05) is 23.7 Å². The van der Waals surface area contributed by atoms with Crippen LogP contribution in [0.2, 0.25) is 5.02 Å². The van der Waals surface area contributed by atoms with Gasteiger partial charge < -0.3 is 14.6 Å². The van der Waals surface area contributed by atoms with Gasteiger partial charge in [0.1, 0.15) is 0 Å². The van der Waals surface area contributed by atoms with Crippen LogP contribution in [0.15, 0.2) is 22.6 Å². The Bertz CT molecular complexity index is 669. The molecule has 1 amide bonds. The molecule has 2 aromatic rings. The normalized spacial score (nSPS) is 18.6. The molecule has 2 heterocycles. The standard InChI is InChI=1S/C15H17ClN2O2.ClH/c1-9-8-18(7-6-17-9)15(19)13-10(2)11-4-3-5-12(16)14(11)20-13;/h3-5,9,17H,6-8H2,1-2H3;1H. The zero-order chi connectivity index (χ0) is 14.3. The second kappa shape index (κ2) is 6.26. The fourth-order valence-corrected chi connectivity index (χ4v) is 2.89. The lowest BCUT2D eigenvalue weighted by Gasteiger charge is -2.31. The summed E-state index contributed by atoms with van der Waals surface area (Å²) in [5.74, 6) is 0.352. The van der Waals surface area contributed by atoms with E-state index >= 15 is 0 Å². The number of benzene rings is 1. The van der Waals surface area contributed by atoms with Crippen molar-refractivity contribution in [2.45, 2.75) is 19.9 Å². The molecule has 1 aromatic carbocycles. The summed E-state index contributed by atoms with van der Waals surface area (Å²) in [7, 11) is 0. The number of fused-ring (bicyclic) bond motifs is 1. The number of hydrogen-bond donors (Lipinski definition) is 1. The summed E-state index contributed by atoms with van der Waals surface area (Å²) in [6.45, 7) is 6.19. The van der Waals surface area contributed by atoms with E-state index in [1.165, 1.54) is 0 Å². The summed E-state index contributed by atoms with van der Waals surface area (Å²) in [6, 6.07) is 5.88. The minimum atomic E-state index is -0.0527. The zero-order valence-electron chi connectivity index (χ0n) is 12.0. The van der Waals surface area contributed by atoms with Crippen molar-refractivity contribution in [2.75, 3.05) is 19.6 Å². The first-order chi connectivity index (χ1) is 9.58. The Balaban J connectivity index is 0.00000161. The highest BCUT2D eigenvalue weighted by Crippen LogP contribution is 2.31. The molecule has 1 aliphatic rings. The van der Waals surface area contributed by atoms with Crippen LogP contribution in [0.4, 0.5) is 0 Å². The van der Waals surface area contributed by atoms with E-state index in [4.69, 9.17) is 16.0 Å². The van der Waals surface area contributed by atoms with Gasteiger partial charge in [-0.2, -0.15) is 0 Å². The van der Waals surface area contributed by atoms with Crippen LogP contribution in [0.25, 0.3) is 11.0 Å². The quantitative estimate of drug-likeness (QED) is 0.874. The number of piperazine rings is 1. The largest absolute Gasteiger partial charge is 0.449 e. The summed E-state index contributed by atoms with van der Waals surface area (Å²) >= 11 is 6.13. The number of amides is 1. The third-order valence-electron chi connectivity index (χ3n) is 3.77. The topological polar surface area (TPSA) is 45.5 Å². The first-order valence-corrected chi connectivity index (χ1v) is 7.16. The second-order valence-corrected chi connectivity index (χ2v) is 5.69. The Hall–Kier alpha value is -1.23. The van der Waals surface area contributed by atoms with E-state index in [1.807, 2.05) is 24.0 Å². The maximum absolute atomic E-state index is 12.6. The van der Waals surface area contributed by atoms with Crippen molar-refractivity contribution >= 4 is 40.9 Å². The molecule has 0 aliphatic carbocycles. The van der Waals surface area contributed by atoms with Crippen molar-refractivity contribution in [3.63, 3.8) is 0 Å². The van der Waals surface area contributed by atoms with E-state index in [-0.39, 0.29) is 18.3 Å². The maximum atomic E-state index is 12.6. The molecule has 0 spiro atoms. The Kier molecular flexibility index (Phi) is 4.81. The van der Waals surface area contributed by atoms with Gasteiger partial charge in [0.25, 0.3) is 5.91 Å². The fraction of sp³-hybridized carbons (Fsp3) is 0.400. The van der Waals surface area contributed by atoms with Gasteiger partial charge in [0.15, 0.2) is 11.3 Å². The summed E-state index contributed by atoms with van der Waals surface area (Å²) in [5.41, 5.74) is 1.46. The van der Waals surface area contributed by atoms with Crippen LogP contribution in [0.5, 0.6) is 0 Å².